The molecule has 2 fully saturated rings. The maximum Gasteiger partial charge on any atom is 0.345 e. The zero-order valence-electron chi connectivity index (χ0n) is 15.3. The molecule has 2 heterocycles. The Morgan fingerprint density at radius 1 is 1.19 bits per heavy atom. The van der Waals surface area contributed by atoms with Crippen LogP contribution in [-0.4, -0.2) is 46.2 Å². The number of nitrogens with zero attached hydrogens (tertiary/aromatic N) is 3. The number of hydrogen-bond acceptors (Lipinski definition) is 3. The summed E-state index contributed by atoms with van der Waals surface area (Å²) in [4.78, 5) is 19.3. The van der Waals surface area contributed by atoms with Gasteiger partial charge < -0.3 is 14.2 Å². The van der Waals surface area contributed by atoms with Crippen molar-refractivity contribution < 1.29 is 18.3 Å². The van der Waals surface area contributed by atoms with Crippen molar-refractivity contribution in [1.82, 2.24) is 14.5 Å². The molecule has 0 spiro atoms. The van der Waals surface area contributed by atoms with E-state index in [4.69, 9.17) is 4.98 Å². The van der Waals surface area contributed by atoms with Gasteiger partial charge in [-0.25, -0.2) is 4.98 Å². The van der Waals surface area contributed by atoms with Gasteiger partial charge in [0.25, 0.3) is 0 Å². The highest BCUT2D eigenvalue weighted by molar-refractivity contribution is 5.81. The van der Waals surface area contributed by atoms with Gasteiger partial charge >= 0.3 is 6.61 Å². The Balaban J connectivity index is 1.55. The van der Waals surface area contributed by atoms with Gasteiger partial charge in [-0.3, -0.25) is 4.79 Å². The molecule has 27 heavy (non-hydrogen) atoms. The van der Waals surface area contributed by atoms with Crippen LogP contribution in [0.25, 0.3) is 11.0 Å². The molecule has 1 amide bonds. The average molecular weight is 377 g/mol. The Morgan fingerprint density at radius 3 is 2.74 bits per heavy atom. The maximum atomic E-state index is 12.9. The first-order chi connectivity index (χ1) is 13.1. The van der Waals surface area contributed by atoms with Crippen LogP contribution in [0.2, 0.25) is 0 Å². The smallest absolute Gasteiger partial charge is 0.338 e. The number of halogens is 2. The summed E-state index contributed by atoms with van der Waals surface area (Å²) in [6.45, 7) is -1.90. The summed E-state index contributed by atoms with van der Waals surface area (Å²) < 4.78 is 31.4. The van der Waals surface area contributed by atoms with Gasteiger partial charge in [0.2, 0.25) is 5.91 Å². The summed E-state index contributed by atoms with van der Waals surface area (Å²) >= 11 is 0. The highest BCUT2D eigenvalue weighted by atomic mass is 19.3. The van der Waals surface area contributed by atoms with Crippen molar-refractivity contribution in [3.63, 3.8) is 0 Å². The van der Waals surface area contributed by atoms with Crippen LogP contribution in [0, 0.1) is 0 Å². The van der Waals surface area contributed by atoms with Crippen LogP contribution in [0.4, 0.5) is 8.78 Å². The van der Waals surface area contributed by atoms with E-state index in [1.54, 1.807) is 4.90 Å². The molecule has 1 aliphatic carbocycles. The van der Waals surface area contributed by atoms with E-state index in [0.29, 0.717) is 18.9 Å². The molecule has 0 N–H and O–H groups in total. The number of ether oxygens (including phenoxy) is 1. The summed E-state index contributed by atoms with van der Waals surface area (Å²) in [7, 11) is 0. The van der Waals surface area contributed by atoms with Crippen LogP contribution < -0.4 is 0 Å². The molecule has 1 atom stereocenters. The molecule has 4 rings (SSSR count). The number of alkyl halides is 2. The van der Waals surface area contributed by atoms with E-state index in [2.05, 4.69) is 4.74 Å². The van der Waals surface area contributed by atoms with Gasteiger partial charge in [0, 0.05) is 19.0 Å². The number of amides is 1. The normalized spacial score (nSPS) is 21.4. The Morgan fingerprint density at radius 2 is 1.96 bits per heavy atom. The van der Waals surface area contributed by atoms with Crippen LogP contribution in [0.1, 0.15) is 50.3 Å². The largest absolute Gasteiger partial charge is 0.345 e. The highest BCUT2D eigenvalue weighted by Crippen LogP contribution is 2.34. The molecule has 5 nitrogen and oxygen atoms in total. The van der Waals surface area contributed by atoms with Crippen molar-refractivity contribution >= 4 is 16.9 Å². The third-order valence-electron chi connectivity index (χ3n) is 5.74. The predicted molar refractivity (Wildman–Crippen MR) is 97.6 cm³/mol. The zero-order chi connectivity index (χ0) is 18.8. The first-order valence-corrected chi connectivity index (χ1v) is 9.78. The first-order valence-electron chi connectivity index (χ1n) is 9.78. The molecule has 1 aromatic heterocycles. The van der Waals surface area contributed by atoms with Crippen molar-refractivity contribution in [1.29, 1.82) is 0 Å². The molecule has 0 radical (unpaired) electrons. The molecule has 0 bridgehead atoms. The second-order valence-corrected chi connectivity index (χ2v) is 7.53. The summed E-state index contributed by atoms with van der Waals surface area (Å²) in [5.74, 6) is 1.31. The van der Waals surface area contributed by atoms with E-state index in [9.17, 15) is 13.6 Å². The van der Waals surface area contributed by atoms with Gasteiger partial charge in [-0.05, 0) is 31.4 Å². The number of carbonyl (C=O) groups is 1. The molecular weight excluding hydrogens is 352 g/mol. The lowest BCUT2D eigenvalue weighted by molar-refractivity contribution is -0.160. The van der Waals surface area contributed by atoms with Crippen molar-refractivity contribution in [2.24, 2.45) is 0 Å². The molecule has 146 valence electrons. The maximum absolute atomic E-state index is 12.9. The molecule has 1 aromatic carbocycles. The van der Waals surface area contributed by atoms with Crippen molar-refractivity contribution in [2.45, 2.75) is 63.7 Å². The van der Waals surface area contributed by atoms with Crippen LogP contribution in [0.3, 0.4) is 0 Å². The van der Waals surface area contributed by atoms with Crippen LogP contribution in [0.15, 0.2) is 24.3 Å². The summed E-state index contributed by atoms with van der Waals surface area (Å²) in [6, 6.07) is 7.89. The average Bonchev–Trinajstić information content (AvgIpc) is 3.27. The lowest BCUT2D eigenvalue weighted by atomic mass is 9.88. The van der Waals surface area contributed by atoms with Gasteiger partial charge in [0.1, 0.15) is 12.4 Å². The number of benzene rings is 1. The molecule has 2 aromatic rings. The Hall–Kier alpha value is -2.02. The number of likely N-dealkylation sites (tertiary alicyclic amines) is 1. The monoisotopic (exact) mass is 377 g/mol. The topological polar surface area (TPSA) is 47.4 Å². The summed E-state index contributed by atoms with van der Waals surface area (Å²) in [5.41, 5.74) is 1.87. The fourth-order valence-electron chi connectivity index (χ4n) is 4.38. The predicted octanol–water partition coefficient (Wildman–Crippen LogP) is 3.92. The minimum atomic E-state index is -2.79. The van der Waals surface area contributed by atoms with E-state index in [0.717, 1.165) is 29.7 Å². The minimum absolute atomic E-state index is 0.0596. The third kappa shape index (κ3) is 3.98. The first kappa shape index (κ1) is 18.3. The Kier molecular flexibility index (Phi) is 5.38. The molecule has 1 aliphatic heterocycles. The summed E-state index contributed by atoms with van der Waals surface area (Å²) in [5, 5.41) is 0. The van der Waals surface area contributed by atoms with Gasteiger partial charge in [0.05, 0.1) is 17.1 Å². The lowest BCUT2D eigenvalue weighted by Crippen LogP contribution is -2.34. The second-order valence-electron chi connectivity index (χ2n) is 7.53. The van der Waals surface area contributed by atoms with Crippen LogP contribution in [-0.2, 0) is 16.1 Å². The Labute approximate surface area is 157 Å². The molecule has 7 heteroatoms. The molecule has 0 unspecified atom stereocenters. The number of aromatic nitrogens is 2. The molecule has 2 aliphatic rings. The SMILES string of the molecule is O=C(Cn1c(C2CCCCC2)nc2ccccc21)N1CC[C@H](OC(F)F)C1. The number of rotatable bonds is 5. The van der Waals surface area contributed by atoms with Gasteiger partial charge in [-0.2, -0.15) is 8.78 Å². The molecular formula is C20H25F2N3O2. The van der Waals surface area contributed by atoms with E-state index < -0.39 is 12.7 Å². The fraction of sp³-hybridized carbons (Fsp3) is 0.600. The quantitative estimate of drug-likeness (QED) is 0.793. The van der Waals surface area contributed by atoms with E-state index in [1.165, 1.54) is 19.3 Å². The Bertz CT molecular complexity index is 802. The van der Waals surface area contributed by atoms with Gasteiger partial charge in [-0.15, -0.1) is 0 Å². The number of hydrogen-bond donors (Lipinski definition) is 0. The minimum Gasteiger partial charge on any atom is -0.338 e. The van der Waals surface area contributed by atoms with Crippen molar-refractivity contribution in [3.05, 3.63) is 30.1 Å². The van der Waals surface area contributed by atoms with Crippen molar-refractivity contribution in [3.8, 4) is 0 Å². The number of imidazole rings is 1. The third-order valence-corrected chi connectivity index (χ3v) is 5.74. The zero-order valence-corrected chi connectivity index (χ0v) is 15.3. The number of para-hydroxylation sites is 2. The van der Waals surface area contributed by atoms with E-state index in [-0.39, 0.29) is 19.0 Å². The molecule has 1 saturated heterocycles. The molecule has 1 saturated carbocycles. The van der Waals surface area contributed by atoms with Gasteiger partial charge in [-0.1, -0.05) is 31.4 Å². The number of carbonyl (C=O) groups excluding carboxylic acids is 1. The standard InChI is InChI=1S/C20H25F2N3O2/c21-20(22)27-15-10-11-24(12-15)18(26)13-25-17-9-5-4-8-16(17)23-19(25)14-6-2-1-3-7-14/h4-5,8-9,14-15,20H,1-3,6-7,10-13H2/t15-/m0/s1. The second kappa shape index (κ2) is 7.92. The van der Waals surface area contributed by atoms with Crippen LogP contribution >= 0.6 is 0 Å². The fourth-order valence-corrected chi connectivity index (χ4v) is 4.38. The van der Waals surface area contributed by atoms with E-state index in [1.807, 2.05) is 28.8 Å². The number of fused-ring (bicyclic) bond motifs is 1. The lowest BCUT2D eigenvalue weighted by Gasteiger charge is -2.23. The van der Waals surface area contributed by atoms with Crippen molar-refractivity contribution in [2.75, 3.05) is 13.1 Å². The van der Waals surface area contributed by atoms with E-state index >= 15 is 0 Å². The highest BCUT2D eigenvalue weighted by Gasteiger charge is 2.30. The van der Waals surface area contributed by atoms with Gasteiger partial charge in [0.15, 0.2) is 0 Å². The van der Waals surface area contributed by atoms with Crippen LogP contribution in [0.5, 0.6) is 0 Å². The summed E-state index contributed by atoms with van der Waals surface area (Å²) in [6.07, 6.45) is 5.73.